The number of esters is 6. The highest BCUT2D eigenvalue weighted by Gasteiger charge is 2.79. The molecule has 66 heavy (non-hydrogen) atoms. The van der Waals surface area contributed by atoms with Crippen molar-refractivity contribution in [1.82, 2.24) is 0 Å². The maximum absolute atomic E-state index is 15.9. The summed E-state index contributed by atoms with van der Waals surface area (Å²) in [7, 11) is 1.51. The number of rotatable bonds is 11. The lowest BCUT2D eigenvalue weighted by molar-refractivity contribution is -0.346. The van der Waals surface area contributed by atoms with E-state index in [2.05, 4.69) is 0 Å². The van der Waals surface area contributed by atoms with Gasteiger partial charge in [-0.1, -0.05) is 44.2 Å². The van der Waals surface area contributed by atoms with Crippen molar-refractivity contribution in [3.8, 4) is 11.5 Å². The van der Waals surface area contributed by atoms with Crippen LogP contribution in [0.25, 0.3) is 6.08 Å². The van der Waals surface area contributed by atoms with Gasteiger partial charge in [0.1, 0.15) is 41.5 Å². The first kappa shape index (κ1) is 47.3. The molecule has 1 heterocycles. The van der Waals surface area contributed by atoms with E-state index in [-0.39, 0.29) is 36.3 Å². The quantitative estimate of drug-likeness (QED) is 0.0802. The largest absolute Gasteiger partial charge is 0.497 e. The smallest absolute Gasteiger partial charge is 0.343 e. The van der Waals surface area contributed by atoms with E-state index in [4.69, 9.17) is 37.9 Å². The van der Waals surface area contributed by atoms with Gasteiger partial charge < -0.3 is 43.0 Å². The van der Waals surface area contributed by atoms with Crippen molar-refractivity contribution in [2.75, 3.05) is 13.7 Å². The number of hydrogen-bond acceptors (Lipinski definition) is 16. The van der Waals surface area contributed by atoms with Gasteiger partial charge in [0.2, 0.25) is 0 Å². The topological polar surface area (TPSA) is 214 Å². The van der Waals surface area contributed by atoms with E-state index in [1.54, 1.807) is 75.4 Å². The Morgan fingerprint density at radius 3 is 1.95 bits per heavy atom. The Kier molecular flexibility index (Phi) is 12.9. The minimum atomic E-state index is -2.29. The molecular weight excluding hydrogens is 857 g/mol. The zero-order chi connectivity index (χ0) is 47.9. The monoisotopic (exact) mass is 908 g/mol. The van der Waals surface area contributed by atoms with Gasteiger partial charge in [-0.25, -0.2) is 14.4 Å². The van der Waals surface area contributed by atoms with Gasteiger partial charge in [0.15, 0.2) is 17.5 Å². The van der Waals surface area contributed by atoms with Gasteiger partial charge in [-0.05, 0) is 85.2 Å². The number of ether oxygens (including phenoxy) is 8. The molecule has 16 nitrogen and oxygen atoms in total. The molecule has 1 aliphatic heterocycles. The maximum atomic E-state index is 15.9. The van der Waals surface area contributed by atoms with Crippen LogP contribution in [-0.2, 0) is 52.4 Å². The molecule has 7 rings (SSSR count). The first-order valence-electron chi connectivity index (χ1n) is 21.4. The second-order valence-corrected chi connectivity index (χ2v) is 17.8. The lowest BCUT2D eigenvalue weighted by atomic mass is 9.44. The van der Waals surface area contributed by atoms with Gasteiger partial charge in [0, 0.05) is 45.1 Å². The van der Waals surface area contributed by atoms with Gasteiger partial charge in [0.25, 0.3) is 0 Å². The predicted molar refractivity (Wildman–Crippen MR) is 232 cm³/mol. The zero-order valence-electron chi connectivity index (χ0n) is 37.8. The van der Waals surface area contributed by atoms with Crippen LogP contribution in [0.2, 0.25) is 0 Å². The van der Waals surface area contributed by atoms with Crippen LogP contribution in [0.15, 0.2) is 96.1 Å². The molecule has 2 saturated carbocycles. The van der Waals surface area contributed by atoms with Crippen molar-refractivity contribution in [2.45, 2.75) is 103 Å². The molecule has 348 valence electrons. The summed E-state index contributed by atoms with van der Waals surface area (Å²) >= 11 is 0. The summed E-state index contributed by atoms with van der Waals surface area (Å²) in [6, 6.07) is 20.6. The van der Waals surface area contributed by atoms with E-state index in [1.807, 2.05) is 0 Å². The van der Waals surface area contributed by atoms with Gasteiger partial charge in [-0.15, -0.1) is 0 Å². The van der Waals surface area contributed by atoms with Crippen molar-refractivity contribution in [1.29, 1.82) is 0 Å². The second kappa shape index (κ2) is 18.0. The number of methoxy groups -OCH3 is 1. The first-order chi connectivity index (χ1) is 31.2. The summed E-state index contributed by atoms with van der Waals surface area (Å²) in [6.07, 6.45) is -5.33. The number of aliphatic hydroxyl groups is 1. The summed E-state index contributed by atoms with van der Waals surface area (Å²) in [5.41, 5.74) is -6.46. The summed E-state index contributed by atoms with van der Waals surface area (Å²) in [6.45, 7) is 9.36. The average molecular weight is 909 g/mol. The van der Waals surface area contributed by atoms with Crippen molar-refractivity contribution in [3.63, 3.8) is 0 Å². The fraction of sp³-hybridized carbons (Fsp3) is 0.420. The molecule has 0 unspecified atom stereocenters. The molecule has 16 heteroatoms. The number of hydrogen-bond donors (Lipinski definition) is 1. The summed E-state index contributed by atoms with van der Waals surface area (Å²) in [4.78, 5) is 95.8. The molecular formula is C50H52O16. The molecule has 0 radical (unpaired) electrons. The lowest BCUT2D eigenvalue weighted by Crippen LogP contribution is -2.82. The lowest BCUT2D eigenvalue weighted by Gasteiger charge is -2.67. The average Bonchev–Trinajstić information content (AvgIpc) is 3.26. The van der Waals surface area contributed by atoms with E-state index >= 15 is 4.79 Å². The molecule has 9 atom stereocenters. The van der Waals surface area contributed by atoms with Gasteiger partial charge in [0.05, 0.1) is 36.2 Å². The zero-order valence-corrected chi connectivity index (χ0v) is 37.8. The molecule has 0 aromatic heterocycles. The molecule has 3 aromatic carbocycles. The minimum Gasteiger partial charge on any atom is -0.497 e. The molecule has 3 fully saturated rings. The van der Waals surface area contributed by atoms with Crippen molar-refractivity contribution < 1.29 is 76.6 Å². The molecule has 1 saturated heterocycles. The number of fused-ring (bicyclic) bond motifs is 5. The Hall–Kier alpha value is -6.65. The number of benzene rings is 3. The third-order valence-electron chi connectivity index (χ3n) is 13.5. The second-order valence-electron chi connectivity index (χ2n) is 17.8. The number of carbonyl (C=O) groups is 7. The van der Waals surface area contributed by atoms with E-state index in [0.29, 0.717) is 22.4 Å². The maximum Gasteiger partial charge on any atom is 0.343 e. The molecule has 3 aliphatic carbocycles. The van der Waals surface area contributed by atoms with Crippen LogP contribution in [0, 0.1) is 16.7 Å². The van der Waals surface area contributed by atoms with Crippen molar-refractivity contribution in [3.05, 3.63) is 113 Å². The van der Waals surface area contributed by atoms with E-state index < -0.39 is 100 Å². The Morgan fingerprint density at radius 2 is 1.38 bits per heavy atom. The SMILES string of the molecule is COc1ccc(C(=O)Oc2ccc(/C=C/C(=O)O[C@H]3C[C@H]4OC[C@@]4(OC(C)=O)[C@H]4[C@H](OC(=O)c5ccccc5)[C@]5(O)C[C@H](OC(C)=O)C(C)=C([C@@H](OC(C)=O)C(=O)[C@]34C)C5(C)C)cc2)cc1. The molecule has 0 amide bonds. The summed E-state index contributed by atoms with van der Waals surface area (Å²) in [5.74, 6) is -6.37. The Labute approximate surface area is 381 Å². The van der Waals surface area contributed by atoms with Crippen LogP contribution in [0.4, 0.5) is 0 Å². The van der Waals surface area contributed by atoms with Crippen LogP contribution in [0.5, 0.6) is 11.5 Å². The minimum absolute atomic E-state index is 0.0831. The Balaban J connectivity index is 1.32. The predicted octanol–water partition coefficient (Wildman–Crippen LogP) is 5.72. The summed E-state index contributed by atoms with van der Waals surface area (Å²) in [5, 5.41) is 13.6. The van der Waals surface area contributed by atoms with E-state index in [0.717, 1.165) is 19.9 Å². The molecule has 3 aromatic rings. The van der Waals surface area contributed by atoms with Crippen LogP contribution in [0.1, 0.15) is 87.6 Å². The van der Waals surface area contributed by atoms with E-state index in [1.165, 1.54) is 51.3 Å². The molecule has 0 spiro atoms. The Morgan fingerprint density at radius 1 is 0.758 bits per heavy atom. The third-order valence-corrected chi connectivity index (χ3v) is 13.5. The molecule has 1 N–H and O–H groups in total. The van der Waals surface area contributed by atoms with Gasteiger partial charge in [-0.2, -0.15) is 0 Å². The number of ketones is 1. The molecule has 4 aliphatic rings. The van der Waals surface area contributed by atoms with Crippen molar-refractivity contribution >= 4 is 47.7 Å². The van der Waals surface area contributed by atoms with Gasteiger partial charge >= 0.3 is 35.8 Å². The number of Topliss-reactive ketones (excluding diaryl/α,β-unsaturated/α-hetero) is 1. The number of carbonyl (C=O) groups excluding carboxylic acids is 7. The first-order valence-corrected chi connectivity index (χ1v) is 21.4. The fourth-order valence-corrected chi connectivity index (χ4v) is 10.3. The normalized spacial score (nSPS) is 29.6. The van der Waals surface area contributed by atoms with E-state index in [9.17, 15) is 33.9 Å². The Bertz CT molecular complexity index is 2490. The van der Waals surface area contributed by atoms with Crippen molar-refractivity contribution in [2.24, 2.45) is 16.7 Å². The van der Waals surface area contributed by atoms with Crippen LogP contribution >= 0.6 is 0 Å². The highest BCUT2D eigenvalue weighted by Crippen LogP contribution is 2.65. The summed E-state index contributed by atoms with van der Waals surface area (Å²) < 4.78 is 47.2. The van der Waals surface area contributed by atoms with Gasteiger partial charge in [-0.3, -0.25) is 19.2 Å². The third kappa shape index (κ3) is 8.39. The fourth-order valence-electron chi connectivity index (χ4n) is 10.3. The van der Waals surface area contributed by atoms with Crippen LogP contribution < -0.4 is 9.47 Å². The molecule has 2 bridgehead atoms. The highest BCUT2D eigenvalue weighted by atomic mass is 16.6. The highest BCUT2D eigenvalue weighted by molar-refractivity contribution is 5.96. The standard InChI is InChI=1S/C50H52O16/c1-27-36(61-28(2)51)25-50(58)44(65-46(57)32-12-10-9-11-13-32)42-48(7,43(55)41(62-29(3)52)40(27)47(50,5)6)37(24-38-49(42,26-60-38)66-30(4)53)64-39(54)23-16-31-14-19-35(20-15-31)63-45(56)33-17-21-34(59-8)22-18-33/h9-23,36-38,41-42,44,58H,24-26H2,1-8H3/b23-16+/t36-,37-,38+,41+,42-,44-,48+,49-,50+/m0/s1. The van der Waals surface area contributed by atoms with Crippen LogP contribution in [-0.4, -0.2) is 102 Å². The van der Waals surface area contributed by atoms with Crippen LogP contribution in [0.3, 0.4) is 0 Å².